The van der Waals surface area contributed by atoms with Crippen LogP contribution in [0.1, 0.15) is 18.7 Å². The molecular weight excluding hydrogens is 613 g/mol. The van der Waals surface area contributed by atoms with Crippen molar-refractivity contribution in [2.24, 2.45) is 0 Å². The molecule has 3 heteroatoms. The average molecular weight is 645 g/mol. The minimum Gasteiger partial charge on any atom is -0.228 e. The Balaban J connectivity index is 1.19. The maximum absolute atomic E-state index is 5.15. The zero-order valence-corrected chi connectivity index (χ0v) is 27.7. The predicted molar refractivity (Wildman–Crippen MR) is 208 cm³/mol. The van der Waals surface area contributed by atoms with E-state index < -0.39 is 0 Å². The van der Waals surface area contributed by atoms with Crippen LogP contribution in [0.5, 0.6) is 0 Å². The van der Waals surface area contributed by atoms with Gasteiger partial charge in [-0.05, 0) is 82.6 Å². The fourth-order valence-corrected chi connectivity index (χ4v) is 7.93. The number of thiophene rings is 1. The van der Waals surface area contributed by atoms with E-state index in [1.165, 1.54) is 48.0 Å². The average Bonchev–Trinajstić information content (AvgIpc) is 3.57. The fourth-order valence-electron chi connectivity index (χ4n) is 6.84. The van der Waals surface area contributed by atoms with E-state index in [1.807, 2.05) is 17.4 Å². The van der Waals surface area contributed by atoms with Gasteiger partial charge in [-0.15, -0.1) is 11.3 Å². The Kier molecular flexibility index (Phi) is 7.53. The van der Waals surface area contributed by atoms with Gasteiger partial charge in [0.05, 0.1) is 11.4 Å². The molecule has 8 aromatic rings. The number of nitrogens with zero attached hydrogens (tertiary/aromatic N) is 2. The molecule has 49 heavy (non-hydrogen) atoms. The van der Waals surface area contributed by atoms with Gasteiger partial charge < -0.3 is 0 Å². The summed E-state index contributed by atoms with van der Waals surface area (Å²) in [5, 5.41) is 2.63. The Morgan fingerprint density at radius 1 is 0.429 bits per heavy atom. The van der Waals surface area contributed by atoms with Crippen molar-refractivity contribution in [3.05, 3.63) is 176 Å². The quantitative estimate of drug-likeness (QED) is 0.180. The van der Waals surface area contributed by atoms with Gasteiger partial charge >= 0.3 is 0 Å². The van der Waals surface area contributed by atoms with Gasteiger partial charge in [-0.1, -0.05) is 133 Å². The Morgan fingerprint density at radius 2 is 1.10 bits per heavy atom. The van der Waals surface area contributed by atoms with Gasteiger partial charge in [0.25, 0.3) is 0 Å². The first-order chi connectivity index (χ1) is 24.3. The molecular formula is C46H32N2S. The lowest BCUT2D eigenvalue weighted by Gasteiger charge is -2.15. The molecule has 0 atom stereocenters. The second-order valence-corrected chi connectivity index (χ2v) is 13.6. The van der Waals surface area contributed by atoms with Crippen molar-refractivity contribution < 1.29 is 0 Å². The van der Waals surface area contributed by atoms with Crippen molar-refractivity contribution in [1.29, 1.82) is 0 Å². The molecule has 0 radical (unpaired) electrons. The standard InChI is InChI=1S/C46H32N2S/c1-4-13-31(14-5-1)38-25-23-34(35-24-26-45-41(29-35)39-21-10-11-22-44(39)49-45)28-40(38)36-19-12-20-37(27-36)43-30-42(32-15-6-2-7-16-32)47-46(48-43)33-17-8-3-9-18-33/h1-2,4-8,10-30H,3,9H2. The van der Waals surface area contributed by atoms with E-state index >= 15 is 0 Å². The normalized spacial score (nSPS) is 12.8. The summed E-state index contributed by atoms with van der Waals surface area (Å²) in [5.74, 6) is 0.765. The van der Waals surface area contributed by atoms with E-state index in [0.29, 0.717) is 0 Å². The van der Waals surface area contributed by atoms with Crippen molar-refractivity contribution in [1.82, 2.24) is 9.97 Å². The number of hydrogen-bond acceptors (Lipinski definition) is 3. The summed E-state index contributed by atoms with van der Waals surface area (Å²) in [4.78, 5) is 10.2. The molecule has 0 unspecified atom stereocenters. The summed E-state index contributed by atoms with van der Waals surface area (Å²) >= 11 is 1.86. The topological polar surface area (TPSA) is 25.8 Å². The molecule has 1 aliphatic rings. The summed E-state index contributed by atoms with van der Waals surface area (Å²) in [7, 11) is 0. The molecule has 0 aliphatic heterocycles. The van der Waals surface area contributed by atoms with Gasteiger partial charge in [0.15, 0.2) is 5.82 Å². The second kappa shape index (κ2) is 12.6. The van der Waals surface area contributed by atoms with Gasteiger partial charge in [0.1, 0.15) is 0 Å². The highest BCUT2D eigenvalue weighted by Gasteiger charge is 2.15. The summed E-state index contributed by atoms with van der Waals surface area (Å²) in [5.41, 5.74) is 12.2. The second-order valence-electron chi connectivity index (χ2n) is 12.5. The van der Waals surface area contributed by atoms with Crippen LogP contribution in [0.4, 0.5) is 0 Å². The molecule has 0 saturated carbocycles. The first-order valence-electron chi connectivity index (χ1n) is 16.8. The molecule has 2 heterocycles. The number of benzene rings is 6. The monoisotopic (exact) mass is 644 g/mol. The molecule has 0 saturated heterocycles. The van der Waals surface area contributed by atoms with E-state index in [4.69, 9.17) is 9.97 Å². The molecule has 1 aliphatic carbocycles. The van der Waals surface area contributed by atoms with Crippen molar-refractivity contribution in [2.45, 2.75) is 12.8 Å². The Labute approximate surface area is 290 Å². The van der Waals surface area contributed by atoms with Gasteiger partial charge in [0, 0.05) is 36.9 Å². The molecule has 0 fully saturated rings. The zero-order chi connectivity index (χ0) is 32.6. The van der Waals surface area contributed by atoms with Crippen LogP contribution in [0.25, 0.3) is 81.6 Å². The molecule has 232 valence electrons. The SMILES string of the molecule is C1=CC(c2nc(-c3ccccc3)cc(-c3cccc(-c4cc(-c5ccc6sc7ccccc7c6c5)ccc4-c4ccccc4)c3)n2)=CCC1. The highest BCUT2D eigenvalue weighted by molar-refractivity contribution is 7.25. The van der Waals surface area contributed by atoms with E-state index in [9.17, 15) is 0 Å². The summed E-state index contributed by atoms with van der Waals surface area (Å²) in [6.07, 6.45) is 8.67. The van der Waals surface area contributed by atoms with Crippen LogP contribution in [0.15, 0.2) is 170 Å². The number of rotatable bonds is 6. The minimum atomic E-state index is 0.765. The third kappa shape index (κ3) is 5.69. The van der Waals surface area contributed by atoms with Crippen LogP contribution < -0.4 is 0 Å². The van der Waals surface area contributed by atoms with Crippen LogP contribution in [-0.4, -0.2) is 9.97 Å². The minimum absolute atomic E-state index is 0.765. The first kappa shape index (κ1) is 29.3. The zero-order valence-electron chi connectivity index (χ0n) is 26.9. The van der Waals surface area contributed by atoms with Crippen LogP contribution >= 0.6 is 11.3 Å². The van der Waals surface area contributed by atoms with E-state index in [0.717, 1.165) is 52.3 Å². The first-order valence-corrected chi connectivity index (χ1v) is 17.6. The van der Waals surface area contributed by atoms with Crippen LogP contribution in [0.3, 0.4) is 0 Å². The molecule has 0 amide bonds. The third-order valence-electron chi connectivity index (χ3n) is 9.33. The maximum Gasteiger partial charge on any atom is 0.160 e. The molecule has 0 bridgehead atoms. The number of allylic oxidation sites excluding steroid dienone is 4. The number of fused-ring (bicyclic) bond motifs is 3. The smallest absolute Gasteiger partial charge is 0.160 e. The van der Waals surface area contributed by atoms with E-state index in [1.54, 1.807) is 0 Å². The number of aromatic nitrogens is 2. The maximum atomic E-state index is 5.15. The Morgan fingerprint density at radius 3 is 1.92 bits per heavy atom. The number of hydrogen-bond donors (Lipinski definition) is 0. The van der Waals surface area contributed by atoms with Crippen molar-refractivity contribution in [3.63, 3.8) is 0 Å². The fraction of sp³-hybridized carbons (Fsp3) is 0.0435. The van der Waals surface area contributed by atoms with E-state index in [2.05, 4.69) is 164 Å². The third-order valence-corrected chi connectivity index (χ3v) is 10.5. The Bertz CT molecular complexity index is 2540. The van der Waals surface area contributed by atoms with Crippen molar-refractivity contribution >= 4 is 37.1 Å². The largest absolute Gasteiger partial charge is 0.228 e. The lowest BCUT2D eigenvalue weighted by molar-refractivity contribution is 1.03. The van der Waals surface area contributed by atoms with Crippen molar-refractivity contribution in [3.8, 4) is 55.9 Å². The van der Waals surface area contributed by atoms with Gasteiger partial charge in [-0.3, -0.25) is 0 Å². The van der Waals surface area contributed by atoms with Crippen LogP contribution in [0.2, 0.25) is 0 Å². The molecule has 2 aromatic heterocycles. The van der Waals surface area contributed by atoms with Gasteiger partial charge in [0.2, 0.25) is 0 Å². The summed E-state index contributed by atoms with van der Waals surface area (Å²) < 4.78 is 2.64. The van der Waals surface area contributed by atoms with E-state index in [-0.39, 0.29) is 0 Å². The van der Waals surface area contributed by atoms with Gasteiger partial charge in [-0.2, -0.15) is 0 Å². The summed E-state index contributed by atoms with van der Waals surface area (Å²) in [6.45, 7) is 0. The van der Waals surface area contributed by atoms with Crippen molar-refractivity contribution in [2.75, 3.05) is 0 Å². The summed E-state index contributed by atoms with van der Waals surface area (Å²) in [6, 6.07) is 54.5. The lowest BCUT2D eigenvalue weighted by atomic mass is 9.90. The molecule has 6 aromatic carbocycles. The molecule has 2 nitrogen and oxygen atoms in total. The van der Waals surface area contributed by atoms with Crippen LogP contribution in [0, 0.1) is 0 Å². The highest BCUT2D eigenvalue weighted by atomic mass is 32.1. The molecule has 0 spiro atoms. The van der Waals surface area contributed by atoms with Gasteiger partial charge in [-0.25, -0.2) is 9.97 Å². The predicted octanol–water partition coefficient (Wildman–Crippen LogP) is 12.9. The lowest BCUT2D eigenvalue weighted by Crippen LogP contribution is -1.99. The highest BCUT2D eigenvalue weighted by Crippen LogP contribution is 2.40. The Hall–Kier alpha value is -5.90. The molecule has 9 rings (SSSR count). The van der Waals surface area contributed by atoms with Crippen LogP contribution in [-0.2, 0) is 0 Å². The molecule has 0 N–H and O–H groups in total.